The van der Waals surface area contributed by atoms with Crippen LogP contribution in [-0.2, 0) is 13.0 Å². The zero-order valence-corrected chi connectivity index (χ0v) is 16.1. The highest BCUT2D eigenvalue weighted by atomic mass is 127. The number of hydrogen-bond donors (Lipinski definition) is 0. The monoisotopic (exact) mass is 419 g/mol. The van der Waals surface area contributed by atoms with Crippen molar-refractivity contribution in [2.75, 3.05) is 26.5 Å². The number of rotatable bonds is 6. The molecule has 2 rings (SSSR count). The van der Waals surface area contributed by atoms with E-state index in [9.17, 15) is 0 Å². The molecule has 0 spiro atoms. The molecule has 0 bridgehead atoms. The Labute approximate surface area is 145 Å². The molecule has 0 radical (unpaired) electrons. The molecule has 1 aromatic carbocycles. The van der Waals surface area contributed by atoms with Gasteiger partial charge in [-0.05, 0) is 60.3 Å². The van der Waals surface area contributed by atoms with Crippen LogP contribution in [0.3, 0.4) is 0 Å². The number of nitrogens with zero attached hydrogens (tertiary/aromatic N) is 3. The Bertz CT molecular complexity index is 619. The highest BCUT2D eigenvalue weighted by Crippen LogP contribution is 2.26. The first-order valence-corrected chi connectivity index (χ1v) is 8.79. The fraction of sp³-hybridized carbons (Fsp3) is 0.562. The van der Waals surface area contributed by atoms with Gasteiger partial charge in [-0.3, -0.25) is 0 Å². The van der Waals surface area contributed by atoms with Crippen LogP contribution in [0.2, 0.25) is 0 Å². The molecule has 0 aliphatic heterocycles. The van der Waals surface area contributed by atoms with E-state index in [-0.39, 0.29) is 5.41 Å². The summed E-state index contributed by atoms with van der Waals surface area (Å²) in [4.78, 5) is 7.03. The SMILES string of the molecule is CN(C)CC(C)(C)Cn1c(CCCl)nc2cc(I)ccc21. The Balaban J connectivity index is 2.42. The Morgan fingerprint density at radius 2 is 2.05 bits per heavy atom. The maximum absolute atomic E-state index is 5.96. The Morgan fingerprint density at radius 3 is 2.67 bits per heavy atom. The van der Waals surface area contributed by atoms with E-state index in [1.165, 1.54) is 9.09 Å². The van der Waals surface area contributed by atoms with Crippen molar-refractivity contribution < 1.29 is 0 Å². The van der Waals surface area contributed by atoms with Gasteiger partial charge < -0.3 is 9.47 Å². The first-order valence-electron chi connectivity index (χ1n) is 7.18. The van der Waals surface area contributed by atoms with Gasteiger partial charge in [0, 0.05) is 29.0 Å². The van der Waals surface area contributed by atoms with Crippen LogP contribution in [0.15, 0.2) is 18.2 Å². The molecular formula is C16H23ClIN3. The van der Waals surface area contributed by atoms with Gasteiger partial charge >= 0.3 is 0 Å². The van der Waals surface area contributed by atoms with Crippen molar-refractivity contribution in [1.82, 2.24) is 14.5 Å². The van der Waals surface area contributed by atoms with Gasteiger partial charge in [0.15, 0.2) is 0 Å². The quantitative estimate of drug-likeness (QED) is 0.521. The van der Waals surface area contributed by atoms with Gasteiger partial charge in [-0.1, -0.05) is 13.8 Å². The normalized spacial score (nSPS) is 12.5. The summed E-state index contributed by atoms with van der Waals surface area (Å²) in [5.41, 5.74) is 2.46. The topological polar surface area (TPSA) is 21.1 Å². The summed E-state index contributed by atoms with van der Waals surface area (Å²) >= 11 is 8.29. The minimum absolute atomic E-state index is 0.182. The molecule has 0 saturated carbocycles. The van der Waals surface area contributed by atoms with Gasteiger partial charge in [0.25, 0.3) is 0 Å². The van der Waals surface area contributed by atoms with Crippen LogP contribution >= 0.6 is 34.2 Å². The lowest BCUT2D eigenvalue weighted by atomic mass is 9.92. The summed E-state index contributed by atoms with van der Waals surface area (Å²) in [6.07, 6.45) is 0.810. The number of imidazole rings is 1. The number of alkyl halides is 1. The average Bonchev–Trinajstić information content (AvgIpc) is 2.64. The highest BCUT2D eigenvalue weighted by Gasteiger charge is 2.22. The summed E-state index contributed by atoms with van der Waals surface area (Å²) in [7, 11) is 4.24. The second kappa shape index (κ2) is 6.84. The van der Waals surface area contributed by atoms with Crippen molar-refractivity contribution >= 4 is 45.2 Å². The highest BCUT2D eigenvalue weighted by molar-refractivity contribution is 14.1. The molecule has 1 heterocycles. The van der Waals surface area contributed by atoms with Gasteiger partial charge in [0.05, 0.1) is 11.0 Å². The minimum atomic E-state index is 0.182. The van der Waals surface area contributed by atoms with Crippen LogP contribution in [0.1, 0.15) is 19.7 Å². The predicted octanol–water partition coefficient (Wildman–Crippen LogP) is 4.01. The lowest BCUT2D eigenvalue weighted by molar-refractivity contribution is 0.211. The third kappa shape index (κ3) is 4.33. The molecule has 0 fully saturated rings. The lowest BCUT2D eigenvalue weighted by Gasteiger charge is -2.29. The maximum Gasteiger partial charge on any atom is 0.111 e. The summed E-state index contributed by atoms with van der Waals surface area (Å²) < 4.78 is 3.56. The van der Waals surface area contributed by atoms with Gasteiger partial charge in [0.1, 0.15) is 5.82 Å². The van der Waals surface area contributed by atoms with E-state index in [0.717, 1.165) is 30.9 Å². The fourth-order valence-electron chi connectivity index (χ4n) is 2.94. The molecule has 21 heavy (non-hydrogen) atoms. The largest absolute Gasteiger partial charge is 0.327 e. The molecule has 5 heteroatoms. The van der Waals surface area contributed by atoms with E-state index in [4.69, 9.17) is 16.6 Å². The number of fused-ring (bicyclic) bond motifs is 1. The van der Waals surface area contributed by atoms with Crippen LogP contribution in [0.25, 0.3) is 11.0 Å². The van der Waals surface area contributed by atoms with E-state index in [0.29, 0.717) is 5.88 Å². The number of aryl methyl sites for hydroxylation is 1. The van der Waals surface area contributed by atoms with Gasteiger partial charge in [-0.15, -0.1) is 11.6 Å². The average molecular weight is 420 g/mol. The Kier molecular flexibility index (Phi) is 5.54. The van der Waals surface area contributed by atoms with Crippen molar-refractivity contribution in [3.63, 3.8) is 0 Å². The van der Waals surface area contributed by atoms with Crippen molar-refractivity contribution in [3.8, 4) is 0 Å². The molecule has 2 aromatic rings. The lowest BCUT2D eigenvalue weighted by Crippen LogP contribution is -2.32. The fourth-order valence-corrected chi connectivity index (χ4v) is 3.58. The van der Waals surface area contributed by atoms with Crippen LogP contribution in [0.5, 0.6) is 0 Å². The molecule has 0 unspecified atom stereocenters. The van der Waals surface area contributed by atoms with Gasteiger partial charge in [-0.2, -0.15) is 0 Å². The van der Waals surface area contributed by atoms with E-state index >= 15 is 0 Å². The molecular weight excluding hydrogens is 397 g/mol. The van der Waals surface area contributed by atoms with Crippen LogP contribution in [0, 0.1) is 8.99 Å². The third-order valence-electron chi connectivity index (χ3n) is 3.44. The van der Waals surface area contributed by atoms with E-state index < -0.39 is 0 Å². The molecule has 0 saturated heterocycles. The summed E-state index contributed by atoms with van der Waals surface area (Å²) in [5.74, 6) is 1.70. The van der Waals surface area contributed by atoms with Crippen molar-refractivity contribution in [2.24, 2.45) is 5.41 Å². The minimum Gasteiger partial charge on any atom is -0.327 e. The smallest absolute Gasteiger partial charge is 0.111 e. The standard InChI is InChI=1S/C16H23ClIN3/c1-16(2,10-20(3)4)11-21-14-6-5-12(18)9-13(14)19-15(21)7-8-17/h5-6,9H,7-8,10-11H2,1-4H3. The van der Waals surface area contributed by atoms with Gasteiger partial charge in [-0.25, -0.2) is 4.98 Å². The van der Waals surface area contributed by atoms with E-state index in [1.807, 2.05) is 0 Å². The second-order valence-electron chi connectivity index (χ2n) is 6.59. The Morgan fingerprint density at radius 1 is 1.33 bits per heavy atom. The number of halogens is 2. The molecule has 0 atom stereocenters. The van der Waals surface area contributed by atoms with Crippen molar-refractivity contribution in [1.29, 1.82) is 0 Å². The van der Waals surface area contributed by atoms with E-state index in [1.54, 1.807) is 0 Å². The molecule has 0 N–H and O–H groups in total. The van der Waals surface area contributed by atoms with Crippen LogP contribution in [0.4, 0.5) is 0 Å². The number of hydrogen-bond acceptors (Lipinski definition) is 2. The van der Waals surface area contributed by atoms with Crippen LogP contribution < -0.4 is 0 Å². The predicted molar refractivity (Wildman–Crippen MR) is 99.2 cm³/mol. The zero-order valence-electron chi connectivity index (χ0n) is 13.2. The first-order chi connectivity index (χ1) is 9.82. The molecule has 0 aliphatic rings. The maximum atomic E-state index is 5.96. The molecule has 116 valence electrons. The summed E-state index contributed by atoms with van der Waals surface area (Å²) in [6.45, 7) is 6.60. The number of benzene rings is 1. The van der Waals surface area contributed by atoms with E-state index in [2.05, 4.69) is 78.2 Å². The van der Waals surface area contributed by atoms with Crippen molar-refractivity contribution in [2.45, 2.75) is 26.8 Å². The molecule has 0 aliphatic carbocycles. The van der Waals surface area contributed by atoms with Crippen LogP contribution in [-0.4, -0.2) is 41.0 Å². The molecule has 3 nitrogen and oxygen atoms in total. The van der Waals surface area contributed by atoms with Gasteiger partial charge in [0.2, 0.25) is 0 Å². The zero-order chi connectivity index (χ0) is 15.6. The first kappa shape index (κ1) is 17.0. The second-order valence-corrected chi connectivity index (χ2v) is 8.21. The third-order valence-corrected chi connectivity index (χ3v) is 4.30. The summed E-state index contributed by atoms with van der Waals surface area (Å²) in [6, 6.07) is 6.46. The molecule has 1 aromatic heterocycles. The Hall–Kier alpha value is -0.330. The summed E-state index contributed by atoms with van der Waals surface area (Å²) in [5, 5.41) is 0. The molecule has 0 amide bonds. The number of aromatic nitrogens is 2. The van der Waals surface area contributed by atoms with Crippen molar-refractivity contribution in [3.05, 3.63) is 27.6 Å².